The Kier molecular flexibility index (Phi) is 4.93. The molecule has 138 valence electrons. The smallest absolute Gasteiger partial charge is 0.168 e. The van der Waals surface area contributed by atoms with Gasteiger partial charge in [-0.2, -0.15) is 5.10 Å². The topological polar surface area (TPSA) is 34.9 Å². The van der Waals surface area contributed by atoms with Crippen molar-refractivity contribution < 1.29 is 4.79 Å². The van der Waals surface area contributed by atoms with Gasteiger partial charge in [0.15, 0.2) is 5.78 Å². The van der Waals surface area contributed by atoms with Crippen molar-refractivity contribution in [2.75, 3.05) is 0 Å². The molecule has 0 saturated carbocycles. The van der Waals surface area contributed by atoms with E-state index in [4.69, 9.17) is 0 Å². The number of rotatable bonds is 5. The van der Waals surface area contributed by atoms with E-state index in [2.05, 4.69) is 55.3 Å². The van der Waals surface area contributed by atoms with Crippen molar-refractivity contribution in [2.24, 2.45) is 0 Å². The minimum Gasteiger partial charge on any atom is -0.294 e. The van der Waals surface area contributed by atoms with Crippen molar-refractivity contribution in [1.82, 2.24) is 9.78 Å². The van der Waals surface area contributed by atoms with E-state index in [-0.39, 0.29) is 5.78 Å². The minimum absolute atomic E-state index is 0.156. The van der Waals surface area contributed by atoms with Crippen LogP contribution in [0.5, 0.6) is 0 Å². The molecule has 0 bridgehead atoms. The van der Waals surface area contributed by atoms with Crippen molar-refractivity contribution in [1.29, 1.82) is 0 Å². The fourth-order valence-electron chi connectivity index (χ4n) is 3.98. The summed E-state index contributed by atoms with van der Waals surface area (Å²) in [4.78, 5) is 12.8. The molecule has 1 aliphatic carbocycles. The third-order valence-electron chi connectivity index (χ3n) is 5.46. The molecule has 3 nitrogen and oxygen atoms in total. The zero-order chi connectivity index (χ0) is 18.8. The molecular formula is C24H26N2O. The molecule has 1 aromatic heterocycles. The number of fused-ring (bicyclic) bond motifs is 1. The largest absolute Gasteiger partial charge is 0.294 e. The van der Waals surface area contributed by atoms with Crippen LogP contribution < -0.4 is 0 Å². The highest BCUT2D eigenvalue weighted by Gasteiger charge is 2.15. The number of carbonyl (C=O) groups is 1. The zero-order valence-corrected chi connectivity index (χ0v) is 16.2. The number of nitrogens with zero attached hydrogens (tertiary/aromatic N) is 2. The van der Waals surface area contributed by atoms with Crippen molar-refractivity contribution in [3.8, 4) is 0 Å². The number of benzene rings is 2. The molecule has 27 heavy (non-hydrogen) atoms. The molecule has 0 unspecified atom stereocenters. The van der Waals surface area contributed by atoms with Crippen LogP contribution in [0.3, 0.4) is 0 Å². The predicted molar refractivity (Wildman–Crippen MR) is 108 cm³/mol. The number of carbonyl (C=O) groups excluding carboxylic acids is 1. The fourth-order valence-corrected chi connectivity index (χ4v) is 3.98. The van der Waals surface area contributed by atoms with Crippen LogP contribution in [0.4, 0.5) is 0 Å². The molecule has 0 atom stereocenters. The molecule has 0 N–H and O–H groups in total. The summed E-state index contributed by atoms with van der Waals surface area (Å²) < 4.78 is 1.99. The van der Waals surface area contributed by atoms with Gasteiger partial charge in [-0.05, 0) is 68.4 Å². The van der Waals surface area contributed by atoms with Gasteiger partial charge in [0.1, 0.15) is 0 Å². The maximum absolute atomic E-state index is 12.8. The van der Waals surface area contributed by atoms with Crippen molar-refractivity contribution in [3.05, 3.63) is 87.7 Å². The van der Waals surface area contributed by atoms with E-state index in [0.29, 0.717) is 6.42 Å². The van der Waals surface area contributed by atoms with Crippen LogP contribution in [0, 0.1) is 13.8 Å². The summed E-state index contributed by atoms with van der Waals surface area (Å²) in [5.74, 6) is 0.156. The highest BCUT2D eigenvalue weighted by Crippen LogP contribution is 2.23. The molecule has 1 heterocycles. The second kappa shape index (κ2) is 7.51. The molecular weight excluding hydrogens is 332 g/mol. The standard InChI is InChI=1S/C24H26N2O/c1-17-6-5-7-19(12-17)16-26-18(2)13-23(25-26)15-24(27)22-11-10-20-8-3-4-9-21(20)14-22/h5-7,10-14H,3-4,8-9,15-16H2,1-2H3. The third-order valence-corrected chi connectivity index (χ3v) is 5.46. The number of aryl methyl sites for hydroxylation is 4. The van der Waals surface area contributed by atoms with E-state index < -0.39 is 0 Å². The van der Waals surface area contributed by atoms with Gasteiger partial charge in [0.25, 0.3) is 0 Å². The first-order valence-corrected chi connectivity index (χ1v) is 9.82. The number of ketones is 1. The number of hydrogen-bond acceptors (Lipinski definition) is 2. The van der Waals surface area contributed by atoms with Gasteiger partial charge >= 0.3 is 0 Å². The zero-order valence-electron chi connectivity index (χ0n) is 16.2. The van der Waals surface area contributed by atoms with Gasteiger partial charge in [-0.1, -0.05) is 42.0 Å². The molecule has 1 aliphatic rings. The summed E-state index contributed by atoms with van der Waals surface area (Å²) in [6.07, 6.45) is 5.10. The maximum Gasteiger partial charge on any atom is 0.168 e. The van der Waals surface area contributed by atoms with Crippen LogP contribution in [0.25, 0.3) is 0 Å². The van der Waals surface area contributed by atoms with Crippen molar-refractivity contribution in [3.63, 3.8) is 0 Å². The van der Waals surface area contributed by atoms with Crippen molar-refractivity contribution in [2.45, 2.75) is 52.5 Å². The molecule has 0 radical (unpaired) electrons. The van der Waals surface area contributed by atoms with Gasteiger partial charge in [-0.3, -0.25) is 9.48 Å². The third kappa shape index (κ3) is 4.02. The summed E-state index contributed by atoms with van der Waals surface area (Å²) in [5.41, 5.74) is 8.01. The van der Waals surface area contributed by atoms with Crippen LogP contribution in [-0.2, 0) is 25.8 Å². The Hall–Kier alpha value is -2.68. The molecule has 0 spiro atoms. The lowest BCUT2D eigenvalue weighted by Gasteiger charge is -2.16. The summed E-state index contributed by atoms with van der Waals surface area (Å²) in [6.45, 7) is 4.89. The van der Waals surface area contributed by atoms with E-state index in [1.807, 2.05) is 16.8 Å². The summed E-state index contributed by atoms with van der Waals surface area (Å²) in [7, 11) is 0. The molecule has 0 aliphatic heterocycles. The lowest BCUT2D eigenvalue weighted by Crippen LogP contribution is -2.09. The minimum atomic E-state index is 0.156. The fraction of sp³-hybridized carbons (Fsp3) is 0.333. The Balaban J connectivity index is 1.49. The van der Waals surface area contributed by atoms with E-state index in [9.17, 15) is 4.79 Å². The summed E-state index contributed by atoms with van der Waals surface area (Å²) in [5, 5.41) is 4.68. The van der Waals surface area contributed by atoms with E-state index in [1.54, 1.807) is 0 Å². The van der Waals surface area contributed by atoms with Gasteiger partial charge in [-0.25, -0.2) is 0 Å². The molecule has 0 amide bonds. The van der Waals surface area contributed by atoms with E-state index in [0.717, 1.165) is 36.3 Å². The number of hydrogen-bond donors (Lipinski definition) is 0. The normalized spacial score (nSPS) is 13.4. The Morgan fingerprint density at radius 2 is 1.81 bits per heavy atom. The highest BCUT2D eigenvalue weighted by molar-refractivity contribution is 5.97. The monoisotopic (exact) mass is 358 g/mol. The summed E-state index contributed by atoms with van der Waals surface area (Å²) >= 11 is 0. The van der Waals surface area contributed by atoms with E-state index in [1.165, 1.54) is 35.1 Å². The first-order chi connectivity index (χ1) is 13.1. The van der Waals surface area contributed by atoms with Gasteiger partial charge in [0.05, 0.1) is 18.7 Å². The van der Waals surface area contributed by atoms with E-state index >= 15 is 0 Å². The van der Waals surface area contributed by atoms with Gasteiger partial charge < -0.3 is 0 Å². The second-order valence-electron chi connectivity index (χ2n) is 7.71. The van der Waals surface area contributed by atoms with Crippen LogP contribution in [0.1, 0.15) is 56.8 Å². The average Bonchev–Trinajstić information content (AvgIpc) is 3.00. The van der Waals surface area contributed by atoms with Crippen LogP contribution in [0.2, 0.25) is 0 Å². The van der Waals surface area contributed by atoms with Crippen LogP contribution >= 0.6 is 0 Å². The number of aromatic nitrogens is 2. The first-order valence-electron chi connectivity index (χ1n) is 9.82. The molecule has 3 heteroatoms. The van der Waals surface area contributed by atoms with Crippen molar-refractivity contribution >= 4 is 5.78 Å². The molecule has 3 aromatic rings. The lowest BCUT2D eigenvalue weighted by molar-refractivity contribution is 0.0991. The molecule has 4 rings (SSSR count). The predicted octanol–water partition coefficient (Wildman–Crippen LogP) is 4.85. The first kappa shape index (κ1) is 17.7. The SMILES string of the molecule is Cc1cccc(Cn2nc(CC(=O)c3ccc4c(c3)CCCC4)cc2C)c1. The van der Waals surface area contributed by atoms with Gasteiger partial charge in [0.2, 0.25) is 0 Å². The second-order valence-corrected chi connectivity index (χ2v) is 7.71. The molecule has 0 fully saturated rings. The Labute approximate surface area is 161 Å². The molecule has 2 aromatic carbocycles. The highest BCUT2D eigenvalue weighted by atomic mass is 16.1. The quantitative estimate of drug-likeness (QED) is 0.611. The number of Topliss-reactive ketones (excluding diaryl/α,β-unsaturated/α-hetero) is 1. The van der Waals surface area contributed by atoms with Crippen LogP contribution in [-0.4, -0.2) is 15.6 Å². The van der Waals surface area contributed by atoms with Gasteiger partial charge in [0, 0.05) is 11.3 Å². The summed E-state index contributed by atoms with van der Waals surface area (Å²) in [6, 6.07) is 16.7. The lowest BCUT2D eigenvalue weighted by atomic mass is 9.89. The maximum atomic E-state index is 12.8. The van der Waals surface area contributed by atoms with Gasteiger partial charge in [-0.15, -0.1) is 0 Å². The van der Waals surface area contributed by atoms with Crippen LogP contribution in [0.15, 0.2) is 48.5 Å². The Morgan fingerprint density at radius 3 is 2.63 bits per heavy atom. The molecule has 0 saturated heterocycles. The Morgan fingerprint density at radius 1 is 1.00 bits per heavy atom. The Bertz CT molecular complexity index is 984. The average molecular weight is 358 g/mol.